The monoisotopic (exact) mass is 451 g/mol. The number of carbonyl (C=O) groups is 1. The molecule has 3 heterocycles. The Morgan fingerprint density at radius 3 is 2.45 bits per heavy atom. The number of pyridine rings is 1. The number of rotatable bonds is 4. The van der Waals surface area contributed by atoms with Crippen LogP contribution < -0.4 is 15.2 Å². The van der Waals surface area contributed by atoms with Crippen molar-refractivity contribution in [3.05, 3.63) is 60.1 Å². The molecule has 0 bridgehead atoms. The third kappa shape index (κ3) is 4.76. The summed E-state index contributed by atoms with van der Waals surface area (Å²) in [4.78, 5) is 21.4. The molecule has 3 aromatic rings. The van der Waals surface area contributed by atoms with Gasteiger partial charge in [-0.1, -0.05) is 18.2 Å². The number of oxazole rings is 1. The lowest BCUT2D eigenvalue weighted by Crippen LogP contribution is -2.40. The van der Waals surface area contributed by atoms with Gasteiger partial charge in [0, 0.05) is 22.4 Å². The largest absolute Gasteiger partial charge is 0.452 e. The summed E-state index contributed by atoms with van der Waals surface area (Å²) in [5, 5.41) is 2.41. The lowest BCUT2D eigenvalue weighted by molar-refractivity contribution is -0.363. The molecule has 0 unspecified atom stereocenters. The van der Waals surface area contributed by atoms with E-state index in [-0.39, 0.29) is 11.6 Å². The normalized spacial score (nSPS) is 15.1. The van der Waals surface area contributed by atoms with Crippen molar-refractivity contribution in [2.75, 3.05) is 34.8 Å². The molecule has 1 fully saturated rings. The van der Waals surface area contributed by atoms with Gasteiger partial charge in [-0.05, 0) is 18.2 Å². The van der Waals surface area contributed by atoms with Gasteiger partial charge in [0.25, 0.3) is 11.7 Å². The van der Waals surface area contributed by atoms with Crippen LogP contribution in [0.3, 0.4) is 0 Å². The molecule has 1 aliphatic heterocycles. The number of halogens is 3. The summed E-state index contributed by atoms with van der Waals surface area (Å²) in [6, 6.07) is 11.3. The maximum absolute atomic E-state index is 13.4. The Morgan fingerprint density at radius 1 is 1.13 bits per heavy atom. The van der Waals surface area contributed by atoms with Gasteiger partial charge in [0.05, 0.1) is 30.3 Å². The molecule has 1 aromatic carbocycles. The molecule has 0 saturated carbocycles. The van der Waals surface area contributed by atoms with E-state index in [4.69, 9.17) is 4.42 Å². The van der Waals surface area contributed by atoms with Crippen LogP contribution in [0.15, 0.2) is 53.1 Å². The average molecular weight is 451 g/mol. The second kappa shape index (κ2) is 8.50. The van der Waals surface area contributed by atoms with Gasteiger partial charge in [0.15, 0.2) is 5.69 Å². The first kappa shape index (κ1) is 21.0. The fraction of sp³-hybridized carbons (Fsp3) is 0.250. The quantitative estimate of drug-likeness (QED) is 0.659. The minimum Gasteiger partial charge on any atom is -0.431 e. The number of nitrogens with zero attached hydrogens (tertiary/aromatic N) is 2. The molecule has 11 heteroatoms. The van der Waals surface area contributed by atoms with Crippen LogP contribution in [-0.4, -0.2) is 39.7 Å². The van der Waals surface area contributed by atoms with E-state index in [2.05, 4.69) is 15.3 Å². The van der Waals surface area contributed by atoms with Crippen LogP contribution >= 0.6 is 0 Å². The molecule has 2 aromatic heterocycles. The van der Waals surface area contributed by atoms with E-state index in [1.54, 1.807) is 30.3 Å². The fourth-order valence-electron chi connectivity index (χ4n) is 3.13. The molecular formula is C20H18F3N4O3S+. The zero-order chi connectivity index (χ0) is 22.0. The molecule has 1 saturated heterocycles. The number of hydrogen-bond donors (Lipinski definition) is 1. The Kier molecular flexibility index (Phi) is 5.77. The first-order valence-electron chi connectivity index (χ1n) is 9.38. The summed E-state index contributed by atoms with van der Waals surface area (Å²) in [7, 11) is -0.810. The third-order valence-electron chi connectivity index (χ3n) is 4.69. The van der Waals surface area contributed by atoms with Gasteiger partial charge < -0.3 is 9.73 Å². The van der Waals surface area contributed by atoms with Crippen molar-refractivity contribution in [2.24, 2.45) is 0 Å². The van der Waals surface area contributed by atoms with E-state index in [1.807, 2.05) is 4.90 Å². The topological polar surface area (TPSA) is 89.6 Å². The Morgan fingerprint density at radius 2 is 1.84 bits per heavy atom. The summed E-state index contributed by atoms with van der Waals surface area (Å²) in [6.45, 7) is 1.26. The van der Waals surface area contributed by atoms with Crippen molar-refractivity contribution >= 4 is 28.2 Å². The number of nitrogens with one attached hydrogen (secondary N) is 2. The van der Waals surface area contributed by atoms with E-state index in [0.717, 1.165) is 5.82 Å². The highest BCUT2D eigenvalue weighted by atomic mass is 32.2. The summed E-state index contributed by atoms with van der Waals surface area (Å²) >= 11 is 0. The number of aromatic nitrogens is 2. The van der Waals surface area contributed by atoms with Gasteiger partial charge in [-0.15, -0.1) is 0 Å². The Labute approximate surface area is 177 Å². The molecular weight excluding hydrogens is 433 g/mol. The van der Waals surface area contributed by atoms with Crippen molar-refractivity contribution in [1.82, 2.24) is 4.98 Å². The van der Waals surface area contributed by atoms with E-state index in [9.17, 15) is 22.2 Å². The minimum atomic E-state index is -4.88. The smallest absolute Gasteiger partial charge is 0.431 e. The molecule has 162 valence electrons. The minimum absolute atomic E-state index is 0.270. The maximum atomic E-state index is 13.4. The Balaban J connectivity index is 1.54. The van der Waals surface area contributed by atoms with Gasteiger partial charge in [0.1, 0.15) is 6.20 Å². The third-order valence-corrected chi connectivity index (χ3v) is 5.97. The number of benzene rings is 1. The fourth-order valence-corrected chi connectivity index (χ4v) is 4.18. The van der Waals surface area contributed by atoms with Crippen LogP contribution in [0.2, 0.25) is 0 Å². The van der Waals surface area contributed by atoms with Crippen LogP contribution in [0.25, 0.3) is 11.5 Å². The Hall–Kier alpha value is -3.21. The number of carbonyl (C=O) groups excluding carboxylic acids is 1. The lowest BCUT2D eigenvalue weighted by Gasteiger charge is -2.20. The molecule has 0 radical (unpaired) electrons. The number of aromatic amines is 1. The van der Waals surface area contributed by atoms with Crippen LogP contribution in [0.5, 0.6) is 0 Å². The van der Waals surface area contributed by atoms with E-state index < -0.39 is 34.3 Å². The number of hydrogen-bond acceptors (Lipinski definition) is 5. The zero-order valence-electron chi connectivity index (χ0n) is 16.1. The van der Waals surface area contributed by atoms with E-state index in [1.165, 1.54) is 18.3 Å². The highest BCUT2D eigenvalue weighted by Crippen LogP contribution is 2.35. The highest BCUT2D eigenvalue weighted by molar-refractivity contribution is 7.85. The zero-order valence-corrected chi connectivity index (χ0v) is 16.9. The molecule has 7 nitrogen and oxygen atoms in total. The number of amides is 1. The van der Waals surface area contributed by atoms with Crippen molar-refractivity contribution in [3.8, 4) is 11.5 Å². The number of H-pyrrole nitrogens is 1. The van der Waals surface area contributed by atoms with Gasteiger partial charge in [-0.25, -0.2) is 9.97 Å². The maximum Gasteiger partial charge on any atom is 0.452 e. The predicted octanol–water partition coefficient (Wildman–Crippen LogP) is 3.00. The molecule has 2 N–H and O–H groups in total. The van der Waals surface area contributed by atoms with Crippen LogP contribution in [0.1, 0.15) is 16.2 Å². The van der Waals surface area contributed by atoms with Crippen LogP contribution in [0, 0.1) is 0 Å². The molecule has 1 aliphatic rings. The van der Waals surface area contributed by atoms with Crippen LogP contribution in [-0.2, 0) is 17.0 Å². The second-order valence-electron chi connectivity index (χ2n) is 6.81. The van der Waals surface area contributed by atoms with E-state index >= 15 is 0 Å². The van der Waals surface area contributed by atoms with Gasteiger partial charge in [0.2, 0.25) is 11.7 Å². The van der Waals surface area contributed by atoms with Crippen LogP contribution in [0.4, 0.5) is 24.7 Å². The van der Waals surface area contributed by atoms with Crippen molar-refractivity contribution in [3.63, 3.8) is 0 Å². The van der Waals surface area contributed by atoms with E-state index in [0.29, 0.717) is 30.2 Å². The molecule has 31 heavy (non-hydrogen) atoms. The average Bonchev–Trinajstić information content (AvgIpc) is 3.22. The Bertz CT molecular complexity index is 1090. The highest BCUT2D eigenvalue weighted by Gasteiger charge is 2.42. The molecule has 0 atom stereocenters. The van der Waals surface area contributed by atoms with Crippen molar-refractivity contribution in [2.45, 2.75) is 6.18 Å². The lowest BCUT2D eigenvalue weighted by atomic mass is 10.2. The molecule has 0 aliphatic carbocycles. The summed E-state index contributed by atoms with van der Waals surface area (Å²) in [5.74, 6) is -0.871. The summed E-state index contributed by atoms with van der Waals surface area (Å²) < 4.78 is 56.6. The molecule has 1 amide bonds. The first-order valence-corrected chi connectivity index (χ1v) is 10.9. The van der Waals surface area contributed by atoms with Gasteiger partial charge >= 0.3 is 6.18 Å². The SMILES string of the molecule is O=C(Nc1ccc(N2CCS(=O)CC2)[nH+]c1)c1nc(-c2ccccc2)oc1C(F)(F)F. The predicted molar refractivity (Wildman–Crippen MR) is 108 cm³/mol. The van der Waals surface area contributed by atoms with Crippen molar-refractivity contribution < 1.29 is 31.6 Å². The number of anilines is 2. The first-order chi connectivity index (χ1) is 14.8. The number of alkyl halides is 3. The summed E-state index contributed by atoms with van der Waals surface area (Å²) in [6.07, 6.45) is -3.40. The summed E-state index contributed by atoms with van der Waals surface area (Å²) in [5.41, 5.74) is -0.243. The van der Waals surface area contributed by atoms with Crippen molar-refractivity contribution in [1.29, 1.82) is 0 Å². The van der Waals surface area contributed by atoms with Gasteiger partial charge in [-0.2, -0.15) is 13.2 Å². The van der Waals surface area contributed by atoms with Gasteiger partial charge in [-0.3, -0.25) is 13.9 Å². The second-order valence-corrected chi connectivity index (χ2v) is 8.51. The molecule has 4 rings (SSSR count). The molecule has 0 spiro atoms. The standard InChI is InChI=1S/C20H17F3N4O3S/c21-20(22,23)17-16(26-19(30-17)13-4-2-1-3-5-13)18(28)25-14-6-7-15(24-12-14)27-8-10-31(29)11-9-27/h1-7,12H,8-11H2,(H,25,28)/p+1.